The number of hydrogen-bond donors (Lipinski definition) is 1. The van der Waals surface area contributed by atoms with Gasteiger partial charge in [-0.05, 0) is 62.2 Å². The van der Waals surface area contributed by atoms with E-state index in [0.717, 1.165) is 19.4 Å². The molecule has 0 bridgehead atoms. The largest absolute Gasteiger partial charge is 0.475 e. The summed E-state index contributed by atoms with van der Waals surface area (Å²) >= 11 is 9.18. The summed E-state index contributed by atoms with van der Waals surface area (Å²) in [6.45, 7) is 6.38. The standard InChI is InChI=1S/C15H20BrClN2O3/c1-15(2,3)22-14(20)12(11-5-4-6-18-11)21-9-7-10(16)13(17)19-8-9/h7-8,11-12,18H,4-6H2,1-3H3/t11-,12?/m1/s1. The molecular formula is C15H20BrClN2O3. The number of rotatable bonds is 4. The van der Waals surface area contributed by atoms with Gasteiger partial charge < -0.3 is 14.8 Å². The average molecular weight is 392 g/mol. The van der Waals surface area contributed by atoms with E-state index in [4.69, 9.17) is 21.1 Å². The molecule has 0 aliphatic carbocycles. The molecular weight excluding hydrogens is 372 g/mol. The summed E-state index contributed by atoms with van der Waals surface area (Å²) in [6, 6.07) is 1.63. The number of hydrogen-bond acceptors (Lipinski definition) is 5. The quantitative estimate of drug-likeness (QED) is 0.630. The van der Waals surface area contributed by atoms with Gasteiger partial charge >= 0.3 is 5.97 Å². The molecule has 0 saturated carbocycles. The van der Waals surface area contributed by atoms with Crippen molar-refractivity contribution < 1.29 is 14.3 Å². The first-order chi connectivity index (χ1) is 10.3. The van der Waals surface area contributed by atoms with Gasteiger partial charge in [0.25, 0.3) is 0 Å². The van der Waals surface area contributed by atoms with Crippen LogP contribution in [0.25, 0.3) is 0 Å². The van der Waals surface area contributed by atoms with Gasteiger partial charge in [0.1, 0.15) is 16.5 Å². The number of aromatic nitrogens is 1. The second-order valence-corrected chi connectivity index (χ2v) is 7.43. The molecule has 1 saturated heterocycles. The van der Waals surface area contributed by atoms with E-state index in [1.54, 1.807) is 6.07 Å². The number of nitrogens with zero attached hydrogens (tertiary/aromatic N) is 1. The lowest BCUT2D eigenvalue weighted by atomic mass is 10.1. The molecule has 1 fully saturated rings. The highest BCUT2D eigenvalue weighted by Gasteiger charge is 2.35. The lowest BCUT2D eigenvalue weighted by molar-refractivity contribution is -0.164. The number of halogens is 2. The summed E-state index contributed by atoms with van der Waals surface area (Å²) in [5, 5.41) is 3.63. The third-order valence-electron chi connectivity index (χ3n) is 3.14. The molecule has 0 aromatic carbocycles. The molecule has 1 N–H and O–H groups in total. The molecule has 122 valence electrons. The van der Waals surface area contributed by atoms with Crippen LogP contribution in [0.4, 0.5) is 0 Å². The molecule has 0 spiro atoms. The van der Waals surface area contributed by atoms with Gasteiger partial charge in [-0.15, -0.1) is 0 Å². The fraction of sp³-hybridized carbons (Fsp3) is 0.600. The van der Waals surface area contributed by atoms with Crippen LogP contribution in [0.3, 0.4) is 0 Å². The molecule has 1 aliphatic rings. The van der Waals surface area contributed by atoms with Gasteiger partial charge in [-0.2, -0.15) is 0 Å². The van der Waals surface area contributed by atoms with Gasteiger partial charge in [-0.1, -0.05) is 11.6 Å². The van der Waals surface area contributed by atoms with Crippen LogP contribution in [-0.2, 0) is 9.53 Å². The van der Waals surface area contributed by atoms with Crippen LogP contribution in [0.1, 0.15) is 33.6 Å². The van der Waals surface area contributed by atoms with Crippen molar-refractivity contribution in [3.05, 3.63) is 21.9 Å². The van der Waals surface area contributed by atoms with Gasteiger partial charge in [-0.25, -0.2) is 9.78 Å². The van der Waals surface area contributed by atoms with Gasteiger partial charge in [-0.3, -0.25) is 0 Å². The Balaban J connectivity index is 2.16. The molecule has 2 atom stereocenters. The Kier molecular flexibility index (Phi) is 5.69. The van der Waals surface area contributed by atoms with E-state index in [1.165, 1.54) is 6.20 Å². The summed E-state index contributed by atoms with van der Waals surface area (Å²) in [5.74, 6) is 0.0961. The maximum atomic E-state index is 12.5. The van der Waals surface area contributed by atoms with Crippen molar-refractivity contribution in [3.8, 4) is 5.75 Å². The van der Waals surface area contributed by atoms with E-state index < -0.39 is 11.7 Å². The maximum Gasteiger partial charge on any atom is 0.349 e. The number of nitrogens with one attached hydrogen (secondary N) is 1. The molecule has 0 amide bonds. The van der Waals surface area contributed by atoms with E-state index in [2.05, 4.69) is 26.2 Å². The molecule has 1 aromatic heterocycles. The number of carbonyl (C=O) groups is 1. The van der Waals surface area contributed by atoms with Crippen LogP contribution in [0.15, 0.2) is 16.7 Å². The Morgan fingerprint density at radius 2 is 2.27 bits per heavy atom. The van der Waals surface area contributed by atoms with Gasteiger partial charge in [0, 0.05) is 0 Å². The van der Waals surface area contributed by atoms with E-state index in [-0.39, 0.29) is 12.0 Å². The van der Waals surface area contributed by atoms with Crippen LogP contribution in [0, 0.1) is 0 Å². The number of ether oxygens (including phenoxy) is 2. The normalized spacial score (nSPS) is 19.8. The first-order valence-corrected chi connectivity index (χ1v) is 8.37. The lowest BCUT2D eigenvalue weighted by Crippen LogP contribution is -2.47. The van der Waals surface area contributed by atoms with E-state index in [0.29, 0.717) is 15.4 Å². The highest BCUT2D eigenvalue weighted by molar-refractivity contribution is 9.10. The Hall–Kier alpha value is -0.850. The SMILES string of the molecule is CC(C)(C)OC(=O)C(Oc1cnc(Cl)c(Br)c1)[C@H]1CCCN1. The number of carbonyl (C=O) groups excluding carboxylic acids is 1. The fourth-order valence-electron chi connectivity index (χ4n) is 2.24. The van der Waals surface area contributed by atoms with Crippen molar-refractivity contribution >= 4 is 33.5 Å². The van der Waals surface area contributed by atoms with Crippen LogP contribution >= 0.6 is 27.5 Å². The maximum absolute atomic E-state index is 12.5. The van der Waals surface area contributed by atoms with Crippen molar-refractivity contribution in [2.45, 2.75) is 51.4 Å². The zero-order chi connectivity index (χ0) is 16.3. The average Bonchev–Trinajstić information content (AvgIpc) is 2.91. The number of esters is 1. The zero-order valence-corrected chi connectivity index (χ0v) is 15.2. The van der Waals surface area contributed by atoms with Gasteiger partial charge in [0.2, 0.25) is 6.10 Å². The van der Waals surface area contributed by atoms with Gasteiger partial charge in [0.15, 0.2) is 0 Å². The lowest BCUT2D eigenvalue weighted by Gasteiger charge is -2.27. The Morgan fingerprint density at radius 1 is 1.55 bits per heavy atom. The van der Waals surface area contributed by atoms with E-state index >= 15 is 0 Å². The highest BCUT2D eigenvalue weighted by Crippen LogP contribution is 2.26. The molecule has 5 nitrogen and oxygen atoms in total. The van der Waals surface area contributed by atoms with Crippen molar-refractivity contribution in [1.82, 2.24) is 10.3 Å². The summed E-state index contributed by atoms with van der Waals surface area (Å²) in [7, 11) is 0. The van der Waals surface area contributed by atoms with Gasteiger partial charge in [0.05, 0.1) is 16.7 Å². The Morgan fingerprint density at radius 3 is 2.82 bits per heavy atom. The minimum Gasteiger partial charge on any atom is -0.475 e. The van der Waals surface area contributed by atoms with E-state index in [9.17, 15) is 4.79 Å². The minimum absolute atomic E-state index is 0.0655. The second-order valence-electron chi connectivity index (χ2n) is 6.22. The smallest absolute Gasteiger partial charge is 0.349 e. The van der Waals surface area contributed by atoms with Crippen molar-refractivity contribution in [2.24, 2.45) is 0 Å². The molecule has 1 unspecified atom stereocenters. The summed E-state index contributed by atoms with van der Waals surface area (Å²) in [6.07, 6.45) is 2.66. The van der Waals surface area contributed by atoms with Crippen LogP contribution < -0.4 is 10.1 Å². The first kappa shape index (κ1) is 17.5. The Labute approximate surface area is 143 Å². The number of pyridine rings is 1. The summed E-state index contributed by atoms with van der Waals surface area (Å²) < 4.78 is 11.9. The highest BCUT2D eigenvalue weighted by atomic mass is 79.9. The van der Waals surface area contributed by atoms with Crippen molar-refractivity contribution in [3.63, 3.8) is 0 Å². The third-order valence-corrected chi connectivity index (χ3v) is 4.27. The zero-order valence-electron chi connectivity index (χ0n) is 12.9. The van der Waals surface area contributed by atoms with Crippen LogP contribution in [-0.4, -0.2) is 35.2 Å². The predicted molar refractivity (Wildman–Crippen MR) is 88.2 cm³/mol. The molecule has 2 heterocycles. The monoisotopic (exact) mass is 390 g/mol. The summed E-state index contributed by atoms with van der Waals surface area (Å²) in [4.78, 5) is 16.5. The molecule has 22 heavy (non-hydrogen) atoms. The summed E-state index contributed by atoms with van der Waals surface area (Å²) in [5.41, 5.74) is -0.559. The van der Waals surface area contributed by atoms with Crippen molar-refractivity contribution in [2.75, 3.05) is 6.54 Å². The topological polar surface area (TPSA) is 60.5 Å². The van der Waals surface area contributed by atoms with Crippen LogP contribution in [0.2, 0.25) is 5.15 Å². The molecule has 1 aromatic rings. The minimum atomic E-state index is -0.711. The molecule has 2 rings (SSSR count). The molecule has 0 radical (unpaired) electrons. The Bertz CT molecular complexity index is 542. The second kappa shape index (κ2) is 7.15. The molecule has 7 heteroatoms. The molecule has 1 aliphatic heterocycles. The first-order valence-electron chi connectivity index (χ1n) is 7.20. The third kappa shape index (κ3) is 4.83. The van der Waals surface area contributed by atoms with Crippen molar-refractivity contribution in [1.29, 1.82) is 0 Å². The van der Waals surface area contributed by atoms with E-state index in [1.807, 2.05) is 20.8 Å². The fourth-order valence-corrected chi connectivity index (χ4v) is 2.67. The van der Waals surface area contributed by atoms with Crippen LogP contribution in [0.5, 0.6) is 5.75 Å². The predicted octanol–water partition coefficient (Wildman–Crippen LogP) is 3.34.